The van der Waals surface area contributed by atoms with E-state index in [1.165, 1.54) is 0 Å². The number of aromatic nitrogens is 1. The van der Waals surface area contributed by atoms with Gasteiger partial charge in [-0.3, -0.25) is 4.79 Å². The largest absolute Gasteiger partial charge is 0.431 e. The average Bonchev–Trinajstić information content (AvgIpc) is 2.29. The van der Waals surface area contributed by atoms with Crippen LogP contribution in [0.25, 0.3) is 0 Å². The van der Waals surface area contributed by atoms with Gasteiger partial charge in [-0.05, 0) is 32.8 Å². The molecule has 0 saturated heterocycles. The van der Waals surface area contributed by atoms with E-state index in [0.717, 1.165) is 18.2 Å². The van der Waals surface area contributed by atoms with Gasteiger partial charge in [-0.15, -0.1) is 0 Å². The second-order valence-electron chi connectivity index (χ2n) is 5.00. The minimum Gasteiger partial charge on any atom is -0.304 e. The summed E-state index contributed by atoms with van der Waals surface area (Å²) in [5.41, 5.74) is -2.23. The van der Waals surface area contributed by atoms with E-state index >= 15 is 0 Å². The van der Waals surface area contributed by atoms with Crippen molar-refractivity contribution in [3.63, 3.8) is 0 Å². The average molecular weight is 272 g/mol. The Labute approximate surface area is 109 Å². The molecular formula is C13H15F3N2O. The minimum atomic E-state index is -4.55. The highest BCUT2D eigenvalue weighted by atomic mass is 19.4. The number of hydrogen-bond acceptors (Lipinski definition) is 2. The molecular weight excluding hydrogens is 257 g/mol. The molecule has 0 spiro atoms. The van der Waals surface area contributed by atoms with Crippen molar-refractivity contribution in [3.8, 4) is 6.07 Å². The first-order valence-corrected chi connectivity index (χ1v) is 5.86. The van der Waals surface area contributed by atoms with Crippen molar-refractivity contribution in [3.05, 3.63) is 34.2 Å². The molecule has 0 aliphatic carbocycles. The molecule has 0 fully saturated rings. The summed E-state index contributed by atoms with van der Waals surface area (Å²) in [6.07, 6.45) is -3.78. The third-order valence-corrected chi connectivity index (χ3v) is 2.83. The fourth-order valence-electron chi connectivity index (χ4n) is 1.73. The highest BCUT2D eigenvalue weighted by molar-refractivity contribution is 5.10. The number of halogens is 3. The lowest BCUT2D eigenvalue weighted by Gasteiger charge is -2.18. The van der Waals surface area contributed by atoms with Gasteiger partial charge >= 0.3 is 6.18 Å². The van der Waals surface area contributed by atoms with Crippen LogP contribution in [0.5, 0.6) is 0 Å². The van der Waals surface area contributed by atoms with Crippen molar-refractivity contribution in [1.29, 1.82) is 5.26 Å². The van der Waals surface area contributed by atoms with Crippen molar-refractivity contribution >= 4 is 0 Å². The van der Waals surface area contributed by atoms with Crippen molar-refractivity contribution in [1.82, 2.24) is 4.57 Å². The fraction of sp³-hybridized carbons (Fsp3) is 0.538. The molecule has 0 N–H and O–H groups in total. The second kappa shape index (κ2) is 5.47. The topological polar surface area (TPSA) is 45.8 Å². The Balaban J connectivity index is 2.91. The lowest BCUT2D eigenvalue weighted by molar-refractivity contribution is -0.144. The quantitative estimate of drug-likeness (QED) is 0.845. The molecule has 19 heavy (non-hydrogen) atoms. The number of nitriles is 1. The molecule has 0 saturated carbocycles. The van der Waals surface area contributed by atoms with Crippen molar-refractivity contribution in [2.45, 2.75) is 39.4 Å². The van der Waals surface area contributed by atoms with Gasteiger partial charge in [0.2, 0.25) is 0 Å². The third-order valence-electron chi connectivity index (χ3n) is 2.83. The van der Waals surface area contributed by atoms with Crippen molar-refractivity contribution < 1.29 is 13.2 Å². The van der Waals surface area contributed by atoms with Crippen LogP contribution in [-0.2, 0) is 12.7 Å². The van der Waals surface area contributed by atoms with Crippen LogP contribution in [-0.4, -0.2) is 4.57 Å². The van der Waals surface area contributed by atoms with Gasteiger partial charge in [0.1, 0.15) is 5.69 Å². The van der Waals surface area contributed by atoms with E-state index in [4.69, 9.17) is 5.26 Å². The van der Waals surface area contributed by atoms with E-state index in [-0.39, 0.29) is 6.54 Å². The van der Waals surface area contributed by atoms with Crippen LogP contribution in [0.1, 0.15) is 32.4 Å². The predicted octanol–water partition coefficient (Wildman–Crippen LogP) is 3.20. The molecule has 0 atom stereocenters. The molecule has 0 radical (unpaired) electrons. The SMILES string of the molecule is CC(C)(C#N)CCCn1c(C(F)(F)F)cccc1=O. The maximum Gasteiger partial charge on any atom is 0.431 e. The van der Waals surface area contributed by atoms with Gasteiger partial charge in [-0.1, -0.05) is 6.07 Å². The molecule has 0 aliphatic rings. The third kappa shape index (κ3) is 4.12. The first-order valence-electron chi connectivity index (χ1n) is 5.86. The number of hydrogen-bond donors (Lipinski definition) is 0. The molecule has 1 rings (SSSR count). The number of alkyl halides is 3. The van der Waals surface area contributed by atoms with Gasteiger partial charge in [0.25, 0.3) is 5.56 Å². The Morgan fingerprint density at radius 1 is 1.32 bits per heavy atom. The molecule has 0 amide bonds. The normalized spacial score (nSPS) is 12.2. The first kappa shape index (κ1) is 15.3. The molecule has 3 nitrogen and oxygen atoms in total. The van der Waals surface area contributed by atoms with E-state index in [2.05, 4.69) is 6.07 Å². The Kier molecular flexibility index (Phi) is 4.40. The maximum absolute atomic E-state index is 12.7. The second-order valence-corrected chi connectivity index (χ2v) is 5.00. The van der Waals surface area contributed by atoms with Crippen LogP contribution in [0.15, 0.2) is 23.0 Å². The van der Waals surface area contributed by atoms with Gasteiger partial charge < -0.3 is 4.57 Å². The summed E-state index contributed by atoms with van der Waals surface area (Å²) in [5, 5.41) is 8.83. The summed E-state index contributed by atoms with van der Waals surface area (Å²) in [6, 6.07) is 5.16. The molecule has 0 bridgehead atoms. The van der Waals surface area contributed by atoms with Gasteiger partial charge in [-0.2, -0.15) is 18.4 Å². The smallest absolute Gasteiger partial charge is 0.304 e. The summed E-state index contributed by atoms with van der Waals surface area (Å²) in [7, 11) is 0. The van der Waals surface area contributed by atoms with Crippen LogP contribution in [0, 0.1) is 16.7 Å². The highest BCUT2D eigenvalue weighted by Crippen LogP contribution is 2.28. The lowest BCUT2D eigenvalue weighted by atomic mass is 9.90. The Morgan fingerprint density at radius 2 is 1.95 bits per heavy atom. The summed E-state index contributed by atoms with van der Waals surface area (Å²) in [6.45, 7) is 3.39. The first-order chi connectivity index (χ1) is 8.67. The number of rotatable bonds is 4. The highest BCUT2D eigenvalue weighted by Gasteiger charge is 2.34. The van der Waals surface area contributed by atoms with E-state index in [0.29, 0.717) is 17.4 Å². The van der Waals surface area contributed by atoms with Gasteiger partial charge in [0, 0.05) is 12.6 Å². The van der Waals surface area contributed by atoms with Crippen LogP contribution in [0.2, 0.25) is 0 Å². The summed E-state index contributed by atoms with van der Waals surface area (Å²) in [4.78, 5) is 11.5. The fourth-order valence-corrected chi connectivity index (χ4v) is 1.73. The molecule has 6 heteroatoms. The maximum atomic E-state index is 12.7. The van der Waals surface area contributed by atoms with E-state index in [1.54, 1.807) is 13.8 Å². The molecule has 1 aromatic heterocycles. The molecule has 104 valence electrons. The Bertz CT molecular complexity index is 538. The van der Waals surface area contributed by atoms with Crippen LogP contribution in [0.3, 0.4) is 0 Å². The summed E-state index contributed by atoms with van der Waals surface area (Å²) >= 11 is 0. The predicted molar refractivity (Wildman–Crippen MR) is 64.3 cm³/mol. The van der Waals surface area contributed by atoms with E-state index < -0.39 is 22.8 Å². The van der Waals surface area contributed by atoms with E-state index in [9.17, 15) is 18.0 Å². The molecule has 1 heterocycles. The molecule has 0 aliphatic heterocycles. The van der Waals surface area contributed by atoms with Crippen molar-refractivity contribution in [2.24, 2.45) is 5.41 Å². The van der Waals surface area contributed by atoms with E-state index in [1.807, 2.05) is 0 Å². The number of nitrogens with zero attached hydrogens (tertiary/aromatic N) is 2. The standard InChI is InChI=1S/C13H15F3N2O/c1-12(2,9-17)7-4-8-18-10(13(14,15)16)5-3-6-11(18)19/h3,5-6H,4,7-8H2,1-2H3. The Morgan fingerprint density at radius 3 is 2.47 bits per heavy atom. The van der Waals surface area contributed by atoms with Crippen molar-refractivity contribution in [2.75, 3.05) is 0 Å². The minimum absolute atomic E-state index is 0.0420. The zero-order chi connectivity index (χ0) is 14.7. The summed E-state index contributed by atoms with van der Waals surface area (Å²) in [5.74, 6) is 0. The molecule has 0 aromatic carbocycles. The van der Waals surface area contributed by atoms with Gasteiger partial charge in [-0.25, -0.2) is 0 Å². The number of pyridine rings is 1. The van der Waals surface area contributed by atoms with Gasteiger partial charge in [0.05, 0.1) is 11.5 Å². The molecule has 0 unspecified atom stereocenters. The van der Waals surface area contributed by atoms with Gasteiger partial charge in [0.15, 0.2) is 0 Å². The molecule has 1 aromatic rings. The summed E-state index contributed by atoms with van der Waals surface area (Å²) < 4.78 is 38.9. The zero-order valence-electron chi connectivity index (χ0n) is 10.8. The van der Waals surface area contributed by atoms with Crippen LogP contribution < -0.4 is 5.56 Å². The lowest BCUT2D eigenvalue weighted by Crippen LogP contribution is -2.27. The zero-order valence-corrected chi connectivity index (χ0v) is 10.8. The van der Waals surface area contributed by atoms with Crippen LogP contribution in [0.4, 0.5) is 13.2 Å². The monoisotopic (exact) mass is 272 g/mol. The van der Waals surface area contributed by atoms with Crippen LogP contribution >= 0.6 is 0 Å². The Hall–Kier alpha value is -1.77.